The second-order valence-corrected chi connectivity index (χ2v) is 6.80. The van der Waals surface area contributed by atoms with Crippen LogP contribution < -0.4 is 14.3 Å². The molecular formula is C14H24N4O3S. The monoisotopic (exact) mass is 328 g/mol. The molecule has 8 heteroatoms. The van der Waals surface area contributed by atoms with E-state index in [1.807, 2.05) is 12.1 Å². The van der Waals surface area contributed by atoms with Gasteiger partial charge in [0, 0.05) is 58.3 Å². The second-order valence-electron chi connectivity index (χ2n) is 5.18. The zero-order chi connectivity index (χ0) is 16.0. The number of hydrogen-bond donors (Lipinski definition) is 2. The summed E-state index contributed by atoms with van der Waals surface area (Å²) in [5, 5.41) is 0. The van der Waals surface area contributed by atoms with E-state index in [4.69, 9.17) is 4.74 Å². The summed E-state index contributed by atoms with van der Waals surface area (Å²) in [4.78, 5) is 4.69. The smallest absolute Gasteiger partial charge is 0.298 e. The summed E-state index contributed by atoms with van der Waals surface area (Å²) in [6, 6.07) is 7.44. The Kier molecular flexibility index (Phi) is 6.01. The van der Waals surface area contributed by atoms with Gasteiger partial charge in [0.25, 0.3) is 10.2 Å². The van der Waals surface area contributed by atoms with Crippen LogP contribution in [-0.2, 0) is 14.9 Å². The van der Waals surface area contributed by atoms with Gasteiger partial charge in [-0.2, -0.15) is 8.42 Å². The molecule has 1 heterocycles. The maximum atomic E-state index is 11.4. The number of benzene rings is 1. The van der Waals surface area contributed by atoms with Crippen LogP contribution >= 0.6 is 0 Å². The van der Waals surface area contributed by atoms with Crippen LogP contribution in [0.2, 0.25) is 0 Å². The van der Waals surface area contributed by atoms with Crippen LogP contribution in [0.4, 0.5) is 11.4 Å². The van der Waals surface area contributed by atoms with Gasteiger partial charge in [-0.3, -0.25) is 9.62 Å². The van der Waals surface area contributed by atoms with E-state index in [9.17, 15) is 8.42 Å². The molecule has 1 fully saturated rings. The Hall–Kier alpha value is -1.35. The first kappa shape index (κ1) is 17.0. The van der Waals surface area contributed by atoms with Crippen LogP contribution in [0.5, 0.6) is 0 Å². The highest BCUT2D eigenvalue weighted by Gasteiger charge is 2.17. The fourth-order valence-electron chi connectivity index (χ4n) is 2.40. The molecule has 0 aliphatic carbocycles. The van der Waals surface area contributed by atoms with Gasteiger partial charge in [0.15, 0.2) is 0 Å². The maximum absolute atomic E-state index is 11.4. The molecule has 0 saturated carbocycles. The van der Waals surface area contributed by atoms with Crippen molar-refractivity contribution in [3.05, 3.63) is 24.3 Å². The van der Waals surface area contributed by atoms with Crippen molar-refractivity contribution in [2.45, 2.75) is 0 Å². The van der Waals surface area contributed by atoms with E-state index in [1.165, 1.54) is 7.05 Å². The van der Waals surface area contributed by atoms with Crippen molar-refractivity contribution in [2.75, 3.05) is 63.1 Å². The molecule has 1 aliphatic rings. The van der Waals surface area contributed by atoms with Crippen molar-refractivity contribution in [3.8, 4) is 0 Å². The summed E-state index contributed by atoms with van der Waals surface area (Å²) in [6.07, 6.45) is 0. The number of nitrogens with zero attached hydrogens (tertiary/aromatic N) is 2. The first-order chi connectivity index (χ1) is 10.5. The quantitative estimate of drug-likeness (QED) is 0.755. The number of methoxy groups -OCH3 is 1. The molecule has 124 valence electrons. The molecule has 0 amide bonds. The first-order valence-corrected chi connectivity index (χ1v) is 8.80. The third-order valence-electron chi connectivity index (χ3n) is 3.74. The Morgan fingerprint density at radius 1 is 1.14 bits per heavy atom. The van der Waals surface area contributed by atoms with Crippen LogP contribution in [0.25, 0.3) is 0 Å². The fraction of sp³-hybridized carbons (Fsp3) is 0.571. The lowest BCUT2D eigenvalue weighted by molar-refractivity contribution is 0.144. The van der Waals surface area contributed by atoms with Crippen molar-refractivity contribution in [3.63, 3.8) is 0 Å². The predicted molar refractivity (Wildman–Crippen MR) is 88.6 cm³/mol. The summed E-state index contributed by atoms with van der Waals surface area (Å²) in [6.45, 7) is 5.68. The topological polar surface area (TPSA) is 73.9 Å². The van der Waals surface area contributed by atoms with Gasteiger partial charge < -0.3 is 9.64 Å². The Morgan fingerprint density at radius 3 is 2.32 bits per heavy atom. The molecule has 0 radical (unpaired) electrons. The van der Waals surface area contributed by atoms with Gasteiger partial charge in [-0.05, 0) is 24.3 Å². The molecule has 0 aromatic heterocycles. The highest BCUT2D eigenvalue weighted by molar-refractivity contribution is 7.90. The molecule has 1 aliphatic heterocycles. The Morgan fingerprint density at radius 2 is 1.77 bits per heavy atom. The third-order valence-corrected chi connectivity index (χ3v) is 4.78. The first-order valence-electron chi connectivity index (χ1n) is 7.31. The minimum atomic E-state index is -3.46. The van der Waals surface area contributed by atoms with Crippen LogP contribution in [0.15, 0.2) is 24.3 Å². The highest BCUT2D eigenvalue weighted by atomic mass is 32.2. The van der Waals surface area contributed by atoms with E-state index < -0.39 is 10.2 Å². The van der Waals surface area contributed by atoms with Gasteiger partial charge in [0.1, 0.15) is 0 Å². The Balaban J connectivity index is 1.89. The molecule has 0 unspecified atom stereocenters. The normalized spacial score (nSPS) is 16.7. The number of anilines is 2. The Bertz CT molecular complexity index is 554. The van der Waals surface area contributed by atoms with Crippen molar-refractivity contribution in [2.24, 2.45) is 0 Å². The summed E-state index contributed by atoms with van der Waals surface area (Å²) in [5.74, 6) is 0. The van der Waals surface area contributed by atoms with E-state index >= 15 is 0 Å². The number of ether oxygens (including phenoxy) is 1. The minimum Gasteiger partial charge on any atom is -0.383 e. The molecule has 1 saturated heterocycles. The number of rotatable bonds is 7. The van der Waals surface area contributed by atoms with Crippen LogP contribution in [0, 0.1) is 0 Å². The average Bonchev–Trinajstić information content (AvgIpc) is 2.54. The number of nitrogens with one attached hydrogen (secondary N) is 2. The molecule has 22 heavy (non-hydrogen) atoms. The molecule has 2 N–H and O–H groups in total. The molecule has 7 nitrogen and oxygen atoms in total. The summed E-state index contributed by atoms with van der Waals surface area (Å²) < 4.78 is 32.6. The molecular weight excluding hydrogens is 304 g/mol. The molecule has 1 aromatic carbocycles. The van der Waals surface area contributed by atoms with Gasteiger partial charge in [0.05, 0.1) is 6.61 Å². The van der Waals surface area contributed by atoms with Crippen LogP contribution in [0.1, 0.15) is 0 Å². The average molecular weight is 328 g/mol. The summed E-state index contributed by atoms with van der Waals surface area (Å²) in [5.41, 5.74) is 1.66. The van der Waals surface area contributed by atoms with E-state index in [1.54, 1.807) is 19.2 Å². The van der Waals surface area contributed by atoms with Gasteiger partial charge in [-0.1, -0.05) is 0 Å². The largest absolute Gasteiger partial charge is 0.383 e. The van der Waals surface area contributed by atoms with E-state index in [-0.39, 0.29) is 0 Å². The molecule has 0 spiro atoms. The SMILES string of the molecule is CNS(=O)(=O)Nc1ccc(N2CCN(CCOC)CC2)cc1. The van der Waals surface area contributed by atoms with Gasteiger partial charge in [-0.15, -0.1) is 0 Å². The maximum Gasteiger partial charge on any atom is 0.298 e. The van der Waals surface area contributed by atoms with Gasteiger partial charge >= 0.3 is 0 Å². The number of hydrogen-bond acceptors (Lipinski definition) is 5. The molecule has 2 rings (SSSR count). The molecule has 1 aromatic rings. The lowest BCUT2D eigenvalue weighted by Crippen LogP contribution is -2.47. The van der Waals surface area contributed by atoms with Crippen molar-refractivity contribution < 1.29 is 13.2 Å². The predicted octanol–water partition coefficient (Wildman–Crippen LogP) is 0.331. The lowest BCUT2D eigenvalue weighted by atomic mass is 10.2. The Labute approximate surface area is 132 Å². The van der Waals surface area contributed by atoms with Crippen LogP contribution in [0.3, 0.4) is 0 Å². The fourth-order valence-corrected chi connectivity index (χ4v) is 2.94. The zero-order valence-electron chi connectivity index (χ0n) is 13.1. The zero-order valence-corrected chi connectivity index (χ0v) is 13.9. The standard InChI is InChI=1S/C14H24N4O3S/c1-15-22(19,20)16-13-3-5-14(6-4-13)18-9-7-17(8-10-18)11-12-21-2/h3-6,15-16H,7-12H2,1-2H3. The third kappa shape index (κ3) is 4.84. The van der Waals surface area contributed by atoms with E-state index in [0.29, 0.717) is 5.69 Å². The molecule has 0 atom stereocenters. The summed E-state index contributed by atoms with van der Waals surface area (Å²) >= 11 is 0. The number of piperazine rings is 1. The van der Waals surface area contributed by atoms with Crippen molar-refractivity contribution >= 4 is 21.6 Å². The summed E-state index contributed by atoms with van der Waals surface area (Å²) in [7, 11) is -0.361. The van der Waals surface area contributed by atoms with Gasteiger partial charge in [0.2, 0.25) is 0 Å². The second kappa shape index (κ2) is 7.77. The van der Waals surface area contributed by atoms with Gasteiger partial charge in [-0.25, -0.2) is 4.72 Å². The van der Waals surface area contributed by atoms with Crippen LogP contribution in [-0.4, -0.2) is 66.8 Å². The highest BCUT2D eigenvalue weighted by Crippen LogP contribution is 2.19. The van der Waals surface area contributed by atoms with E-state index in [0.717, 1.165) is 45.0 Å². The minimum absolute atomic E-state index is 0.553. The van der Waals surface area contributed by atoms with E-state index in [2.05, 4.69) is 19.2 Å². The van der Waals surface area contributed by atoms with Crippen molar-refractivity contribution in [1.82, 2.24) is 9.62 Å². The lowest BCUT2D eigenvalue weighted by Gasteiger charge is -2.36. The van der Waals surface area contributed by atoms with Crippen molar-refractivity contribution in [1.29, 1.82) is 0 Å². The molecule has 0 bridgehead atoms.